The molecule has 0 amide bonds. The summed E-state index contributed by atoms with van der Waals surface area (Å²) in [5.41, 5.74) is 9.69. The summed E-state index contributed by atoms with van der Waals surface area (Å²) >= 11 is 0. The largest absolute Gasteiger partial charge is 0.454 e. The van der Waals surface area contributed by atoms with Gasteiger partial charge in [-0.2, -0.15) is 0 Å². The van der Waals surface area contributed by atoms with E-state index in [-0.39, 0.29) is 6.79 Å². The van der Waals surface area contributed by atoms with Crippen molar-refractivity contribution in [1.82, 2.24) is 4.98 Å². The smallest absolute Gasteiger partial charge is 0.231 e. The Kier molecular flexibility index (Phi) is 2.29. The standard InChI is InChI=1S/C16H12N2O2/c17-11-2-3-14-13(8-11)12(5-6-18-14)10-1-4-15-16(7-10)20-9-19-15/h1-8H,9,17H2. The summed E-state index contributed by atoms with van der Waals surface area (Å²) in [5, 5.41) is 1.03. The normalized spacial score (nSPS) is 12.8. The van der Waals surface area contributed by atoms with Gasteiger partial charge in [0.25, 0.3) is 0 Å². The number of aromatic nitrogens is 1. The Bertz CT molecular complexity index is 815. The van der Waals surface area contributed by atoms with E-state index in [1.165, 1.54) is 0 Å². The number of nitrogen functional groups attached to an aromatic ring is 1. The van der Waals surface area contributed by atoms with Crippen LogP contribution in [0.1, 0.15) is 0 Å². The molecule has 98 valence electrons. The van der Waals surface area contributed by atoms with Gasteiger partial charge in [0.1, 0.15) is 0 Å². The van der Waals surface area contributed by atoms with Crippen LogP contribution in [0.2, 0.25) is 0 Å². The van der Waals surface area contributed by atoms with Crippen molar-refractivity contribution in [3.63, 3.8) is 0 Å². The molecule has 4 nitrogen and oxygen atoms in total. The van der Waals surface area contributed by atoms with Crippen molar-refractivity contribution < 1.29 is 9.47 Å². The van der Waals surface area contributed by atoms with E-state index in [0.717, 1.165) is 39.2 Å². The molecule has 0 unspecified atom stereocenters. The van der Waals surface area contributed by atoms with Crippen LogP contribution in [0.3, 0.4) is 0 Å². The highest BCUT2D eigenvalue weighted by atomic mass is 16.7. The van der Waals surface area contributed by atoms with Gasteiger partial charge in [0.15, 0.2) is 11.5 Å². The second kappa shape index (κ2) is 4.13. The van der Waals surface area contributed by atoms with Crippen LogP contribution in [-0.4, -0.2) is 11.8 Å². The Morgan fingerprint density at radius 2 is 1.85 bits per heavy atom. The van der Waals surface area contributed by atoms with Gasteiger partial charge < -0.3 is 15.2 Å². The number of pyridine rings is 1. The monoisotopic (exact) mass is 264 g/mol. The third kappa shape index (κ3) is 1.66. The number of hydrogen-bond acceptors (Lipinski definition) is 4. The summed E-state index contributed by atoms with van der Waals surface area (Å²) < 4.78 is 10.8. The predicted octanol–water partition coefficient (Wildman–Crippen LogP) is 3.21. The van der Waals surface area contributed by atoms with Crippen molar-refractivity contribution in [3.05, 3.63) is 48.7 Å². The molecule has 1 aliphatic rings. The van der Waals surface area contributed by atoms with Gasteiger partial charge in [-0.15, -0.1) is 0 Å². The zero-order valence-electron chi connectivity index (χ0n) is 10.7. The van der Waals surface area contributed by atoms with Gasteiger partial charge >= 0.3 is 0 Å². The maximum absolute atomic E-state index is 5.89. The number of anilines is 1. The number of nitrogens with zero attached hydrogens (tertiary/aromatic N) is 1. The summed E-state index contributed by atoms with van der Waals surface area (Å²) in [6, 6.07) is 13.7. The minimum Gasteiger partial charge on any atom is -0.454 e. The van der Waals surface area contributed by atoms with Crippen molar-refractivity contribution in [1.29, 1.82) is 0 Å². The number of nitrogens with two attached hydrogens (primary N) is 1. The maximum Gasteiger partial charge on any atom is 0.231 e. The van der Waals surface area contributed by atoms with E-state index in [1.54, 1.807) is 6.20 Å². The third-order valence-corrected chi connectivity index (χ3v) is 3.45. The molecule has 3 aromatic rings. The minimum absolute atomic E-state index is 0.281. The highest BCUT2D eigenvalue weighted by Crippen LogP contribution is 2.37. The lowest BCUT2D eigenvalue weighted by molar-refractivity contribution is 0.174. The summed E-state index contributed by atoms with van der Waals surface area (Å²) in [6.45, 7) is 0.281. The lowest BCUT2D eigenvalue weighted by Crippen LogP contribution is -1.92. The van der Waals surface area contributed by atoms with Crippen LogP contribution in [0, 0.1) is 0 Å². The molecular formula is C16H12N2O2. The molecule has 1 aromatic heterocycles. The van der Waals surface area contributed by atoms with Crippen molar-refractivity contribution >= 4 is 16.6 Å². The fourth-order valence-electron chi connectivity index (χ4n) is 2.48. The summed E-state index contributed by atoms with van der Waals surface area (Å²) in [5.74, 6) is 1.56. The molecule has 4 heteroatoms. The zero-order chi connectivity index (χ0) is 13.5. The van der Waals surface area contributed by atoms with E-state index < -0.39 is 0 Å². The van der Waals surface area contributed by atoms with E-state index in [2.05, 4.69) is 4.98 Å². The van der Waals surface area contributed by atoms with Crippen LogP contribution in [0.15, 0.2) is 48.7 Å². The third-order valence-electron chi connectivity index (χ3n) is 3.45. The molecule has 0 saturated carbocycles. The van der Waals surface area contributed by atoms with Crippen molar-refractivity contribution in [3.8, 4) is 22.6 Å². The number of ether oxygens (including phenoxy) is 2. The molecule has 0 fully saturated rings. The van der Waals surface area contributed by atoms with Gasteiger partial charge in [-0.05, 0) is 47.5 Å². The number of hydrogen-bond donors (Lipinski definition) is 1. The topological polar surface area (TPSA) is 57.4 Å². The van der Waals surface area contributed by atoms with Gasteiger partial charge in [-0.3, -0.25) is 4.98 Å². The quantitative estimate of drug-likeness (QED) is 0.686. The molecule has 0 saturated heterocycles. The highest BCUT2D eigenvalue weighted by Gasteiger charge is 2.14. The average Bonchev–Trinajstić information content (AvgIpc) is 2.94. The Morgan fingerprint density at radius 1 is 0.950 bits per heavy atom. The highest BCUT2D eigenvalue weighted by molar-refractivity contribution is 5.96. The Morgan fingerprint density at radius 3 is 2.80 bits per heavy atom. The molecule has 1 aliphatic heterocycles. The van der Waals surface area contributed by atoms with Crippen LogP contribution in [0.4, 0.5) is 5.69 Å². The van der Waals surface area contributed by atoms with Gasteiger partial charge in [0.2, 0.25) is 6.79 Å². The zero-order valence-corrected chi connectivity index (χ0v) is 10.7. The molecule has 4 rings (SSSR count). The average molecular weight is 264 g/mol. The molecule has 20 heavy (non-hydrogen) atoms. The first-order chi connectivity index (χ1) is 9.81. The van der Waals surface area contributed by atoms with Crippen LogP contribution >= 0.6 is 0 Å². The Hall–Kier alpha value is -2.75. The summed E-state index contributed by atoms with van der Waals surface area (Å²) in [6.07, 6.45) is 1.80. The van der Waals surface area contributed by atoms with E-state index in [1.807, 2.05) is 42.5 Å². The van der Waals surface area contributed by atoms with Gasteiger partial charge in [0, 0.05) is 17.3 Å². The molecule has 0 aliphatic carbocycles. The summed E-state index contributed by atoms with van der Waals surface area (Å²) in [4.78, 5) is 4.37. The second-order valence-electron chi connectivity index (χ2n) is 4.70. The molecular weight excluding hydrogens is 252 g/mol. The number of rotatable bonds is 1. The molecule has 2 N–H and O–H groups in total. The molecule has 2 heterocycles. The Balaban J connectivity index is 1.96. The van der Waals surface area contributed by atoms with E-state index in [9.17, 15) is 0 Å². The lowest BCUT2D eigenvalue weighted by atomic mass is 10.0. The van der Waals surface area contributed by atoms with Crippen LogP contribution in [-0.2, 0) is 0 Å². The predicted molar refractivity (Wildman–Crippen MR) is 77.7 cm³/mol. The molecule has 2 aromatic carbocycles. The van der Waals surface area contributed by atoms with Gasteiger partial charge in [-0.1, -0.05) is 6.07 Å². The fraction of sp³-hybridized carbons (Fsp3) is 0.0625. The van der Waals surface area contributed by atoms with Gasteiger partial charge in [-0.25, -0.2) is 0 Å². The Labute approximate surface area is 115 Å². The minimum atomic E-state index is 0.281. The first-order valence-corrected chi connectivity index (χ1v) is 6.35. The maximum atomic E-state index is 5.89. The van der Waals surface area contributed by atoms with Crippen molar-refractivity contribution in [2.75, 3.05) is 12.5 Å². The molecule has 0 bridgehead atoms. The van der Waals surface area contributed by atoms with Crippen molar-refractivity contribution in [2.45, 2.75) is 0 Å². The van der Waals surface area contributed by atoms with E-state index in [0.29, 0.717) is 0 Å². The number of fused-ring (bicyclic) bond motifs is 2. The molecule has 0 radical (unpaired) electrons. The lowest BCUT2D eigenvalue weighted by Gasteiger charge is -2.08. The second-order valence-corrected chi connectivity index (χ2v) is 4.70. The fourth-order valence-corrected chi connectivity index (χ4v) is 2.48. The molecule has 0 atom stereocenters. The van der Waals surface area contributed by atoms with E-state index >= 15 is 0 Å². The summed E-state index contributed by atoms with van der Waals surface area (Å²) in [7, 11) is 0. The van der Waals surface area contributed by atoms with Gasteiger partial charge in [0.05, 0.1) is 5.52 Å². The number of benzene rings is 2. The first kappa shape index (κ1) is 11.1. The van der Waals surface area contributed by atoms with Crippen LogP contribution < -0.4 is 15.2 Å². The van der Waals surface area contributed by atoms with E-state index in [4.69, 9.17) is 15.2 Å². The first-order valence-electron chi connectivity index (χ1n) is 6.35. The van der Waals surface area contributed by atoms with Crippen LogP contribution in [0.5, 0.6) is 11.5 Å². The molecule has 0 spiro atoms. The van der Waals surface area contributed by atoms with Crippen molar-refractivity contribution in [2.24, 2.45) is 0 Å². The SMILES string of the molecule is Nc1ccc2nccc(-c3ccc4c(c3)OCO4)c2c1. The van der Waals surface area contributed by atoms with Crippen LogP contribution in [0.25, 0.3) is 22.0 Å².